The van der Waals surface area contributed by atoms with E-state index in [2.05, 4.69) is 35.6 Å². The number of nitrogens with zero attached hydrogens (tertiary/aromatic N) is 4. The normalized spacial score (nSPS) is 18.1. The van der Waals surface area contributed by atoms with Gasteiger partial charge in [-0.05, 0) is 57.7 Å². The molecule has 0 atom stereocenters. The SMILES string of the molecule is CCCCc1nc(N)c2c(n1)C(CCCCCN1CCN(CC)CC1)=C(C)C2. The quantitative estimate of drug-likeness (QED) is 0.619. The minimum absolute atomic E-state index is 0.705. The van der Waals surface area contributed by atoms with Gasteiger partial charge in [0.05, 0.1) is 5.69 Å². The van der Waals surface area contributed by atoms with Gasteiger partial charge in [-0.25, -0.2) is 9.97 Å². The molecule has 1 saturated heterocycles. The molecule has 2 heterocycles. The molecule has 0 unspecified atom stereocenters. The molecule has 0 aromatic carbocycles. The Morgan fingerprint density at radius 3 is 2.36 bits per heavy atom. The summed E-state index contributed by atoms with van der Waals surface area (Å²) in [5.41, 5.74) is 11.5. The second-order valence-electron chi connectivity index (χ2n) is 8.48. The molecule has 1 fully saturated rings. The summed E-state index contributed by atoms with van der Waals surface area (Å²) in [5, 5.41) is 0. The van der Waals surface area contributed by atoms with Crippen LogP contribution in [0.3, 0.4) is 0 Å². The third-order valence-corrected chi connectivity index (χ3v) is 6.40. The van der Waals surface area contributed by atoms with Crippen molar-refractivity contribution in [1.82, 2.24) is 19.8 Å². The van der Waals surface area contributed by atoms with Crippen molar-refractivity contribution in [2.75, 3.05) is 45.0 Å². The van der Waals surface area contributed by atoms with Crippen LogP contribution in [0.5, 0.6) is 0 Å². The number of piperazine rings is 1. The maximum absolute atomic E-state index is 6.26. The van der Waals surface area contributed by atoms with Crippen molar-refractivity contribution >= 4 is 11.4 Å². The number of nitrogens with two attached hydrogens (primary N) is 1. The van der Waals surface area contributed by atoms with Crippen LogP contribution in [0.4, 0.5) is 5.82 Å². The van der Waals surface area contributed by atoms with Crippen molar-refractivity contribution in [1.29, 1.82) is 0 Å². The third kappa shape index (κ3) is 5.32. The van der Waals surface area contributed by atoms with Crippen molar-refractivity contribution < 1.29 is 0 Å². The second kappa shape index (κ2) is 10.4. The van der Waals surface area contributed by atoms with Crippen LogP contribution in [0.15, 0.2) is 5.57 Å². The number of nitrogen functional groups attached to an aromatic ring is 1. The zero-order valence-electron chi connectivity index (χ0n) is 18.3. The van der Waals surface area contributed by atoms with Crippen LogP contribution in [0, 0.1) is 0 Å². The van der Waals surface area contributed by atoms with Crippen molar-refractivity contribution in [3.8, 4) is 0 Å². The van der Waals surface area contributed by atoms with Gasteiger partial charge in [0.2, 0.25) is 0 Å². The summed E-state index contributed by atoms with van der Waals surface area (Å²) in [6, 6.07) is 0. The number of anilines is 1. The molecule has 0 bridgehead atoms. The van der Waals surface area contributed by atoms with Gasteiger partial charge in [-0.15, -0.1) is 0 Å². The molecule has 156 valence electrons. The number of fused-ring (bicyclic) bond motifs is 1. The van der Waals surface area contributed by atoms with Gasteiger partial charge < -0.3 is 15.5 Å². The van der Waals surface area contributed by atoms with Crippen molar-refractivity contribution in [2.45, 2.75) is 72.1 Å². The van der Waals surface area contributed by atoms with Crippen LogP contribution in [0.2, 0.25) is 0 Å². The van der Waals surface area contributed by atoms with E-state index in [0.717, 1.165) is 43.6 Å². The smallest absolute Gasteiger partial charge is 0.131 e. The molecule has 0 spiro atoms. The van der Waals surface area contributed by atoms with Gasteiger partial charge in [-0.1, -0.05) is 32.3 Å². The molecular weight excluding hydrogens is 346 g/mol. The van der Waals surface area contributed by atoms with Crippen molar-refractivity contribution in [3.05, 3.63) is 22.7 Å². The van der Waals surface area contributed by atoms with Crippen LogP contribution in [0.25, 0.3) is 5.57 Å². The van der Waals surface area contributed by atoms with Crippen LogP contribution in [-0.4, -0.2) is 59.0 Å². The Kier molecular flexibility index (Phi) is 7.86. The predicted molar refractivity (Wildman–Crippen MR) is 118 cm³/mol. The Balaban J connectivity index is 1.46. The number of unbranched alkanes of at least 4 members (excludes halogenated alkanes) is 3. The predicted octanol–water partition coefficient (Wildman–Crippen LogP) is 3.93. The number of rotatable bonds is 10. The second-order valence-corrected chi connectivity index (χ2v) is 8.48. The third-order valence-electron chi connectivity index (χ3n) is 6.40. The summed E-state index contributed by atoms with van der Waals surface area (Å²) in [7, 11) is 0. The fraction of sp³-hybridized carbons (Fsp3) is 0.739. The zero-order valence-corrected chi connectivity index (χ0v) is 18.3. The maximum atomic E-state index is 6.26. The average molecular weight is 386 g/mol. The number of hydrogen-bond acceptors (Lipinski definition) is 5. The highest BCUT2D eigenvalue weighted by atomic mass is 15.3. The fourth-order valence-electron chi connectivity index (χ4n) is 4.47. The van der Waals surface area contributed by atoms with E-state index in [0.29, 0.717) is 5.82 Å². The van der Waals surface area contributed by atoms with Crippen LogP contribution >= 0.6 is 0 Å². The molecule has 28 heavy (non-hydrogen) atoms. The molecule has 1 aromatic heterocycles. The Labute approximate surface area is 171 Å². The summed E-state index contributed by atoms with van der Waals surface area (Å²) < 4.78 is 0. The molecule has 3 rings (SSSR count). The molecule has 1 aliphatic heterocycles. The van der Waals surface area contributed by atoms with Crippen LogP contribution < -0.4 is 5.73 Å². The van der Waals surface area contributed by atoms with Crippen LogP contribution in [-0.2, 0) is 12.8 Å². The maximum Gasteiger partial charge on any atom is 0.131 e. The molecule has 1 aliphatic carbocycles. The van der Waals surface area contributed by atoms with E-state index >= 15 is 0 Å². The van der Waals surface area contributed by atoms with E-state index < -0.39 is 0 Å². The van der Waals surface area contributed by atoms with Gasteiger partial charge in [-0.2, -0.15) is 0 Å². The number of aromatic nitrogens is 2. The summed E-state index contributed by atoms with van der Waals surface area (Å²) in [5.74, 6) is 1.63. The lowest BCUT2D eigenvalue weighted by Gasteiger charge is -2.34. The highest BCUT2D eigenvalue weighted by molar-refractivity contribution is 5.76. The van der Waals surface area contributed by atoms with E-state index in [1.54, 1.807) is 0 Å². The van der Waals surface area contributed by atoms with Gasteiger partial charge >= 0.3 is 0 Å². The molecular formula is C23H39N5. The molecule has 5 nitrogen and oxygen atoms in total. The largest absolute Gasteiger partial charge is 0.383 e. The first-order valence-corrected chi connectivity index (χ1v) is 11.4. The minimum atomic E-state index is 0.705. The average Bonchev–Trinajstić information content (AvgIpc) is 3.02. The van der Waals surface area contributed by atoms with Gasteiger partial charge in [0, 0.05) is 38.2 Å². The molecule has 2 aliphatic rings. The van der Waals surface area contributed by atoms with Gasteiger partial charge in [0.1, 0.15) is 11.6 Å². The first-order chi connectivity index (χ1) is 13.6. The van der Waals surface area contributed by atoms with E-state index in [1.807, 2.05) is 0 Å². The van der Waals surface area contributed by atoms with Crippen molar-refractivity contribution in [3.63, 3.8) is 0 Å². The van der Waals surface area contributed by atoms with E-state index in [1.165, 1.54) is 75.2 Å². The van der Waals surface area contributed by atoms with Gasteiger partial charge in [0.15, 0.2) is 0 Å². The lowest BCUT2D eigenvalue weighted by atomic mass is 10.0. The summed E-state index contributed by atoms with van der Waals surface area (Å²) in [4.78, 5) is 14.6. The first-order valence-electron chi connectivity index (χ1n) is 11.4. The standard InChI is InChI=1S/C23H39N5/c1-4-6-11-21-25-22-19(18(3)17-20(22)23(24)26-21)10-8-7-9-12-28-15-13-27(5-2)14-16-28/h4-17H2,1-3H3,(H2,24,25,26). The Bertz CT molecular complexity index is 674. The fourth-order valence-corrected chi connectivity index (χ4v) is 4.47. The number of hydrogen-bond donors (Lipinski definition) is 1. The number of allylic oxidation sites excluding steroid dienone is 2. The molecule has 0 saturated carbocycles. The highest BCUT2D eigenvalue weighted by Gasteiger charge is 2.24. The minimum Gasteiger partial charge on any atom is -0.383 e. The van der Waals surface area contributed by atoms with Crippen molar-refractivity contribution in [2.24, 2.45) is 0 Å². The molecule has 5 heteroatoms. The Morgan fingerprint density at radius 2 is 1.64 bits per heavy atom. The molecule has 2 N–H and O–H groups in total. The molecule has 0 amide bonds. The van der Waals surface area contributed by atoms with E-state index in [9.17, 15) is 0 Å². The van der Waals surface area contributed by atoms with Crippen LogP contribution in [0.1, 0.15) is 76.4 Å². The van der Waals surface area contributed by atoms with E-state index in [-0.39, 0.29) is 0 Å². The number of likely N-dealkylation sites (N-methyl/N-ethyl adjacent to an activating group) is 1. The number of aryl methyl sites for hydroxylation is 1. The monoisotopic (exact) mass is 385 g/mol. The topological polar surface area (TPSA) is 58.3 Å². The highest BCUT2D eigenvalue weighted by Crippen LogP contribution is 2.37. The summed E-state index contributed by atoms with van der Waals surface area (Å²) in [6.07, 6.45) is 9.14. The van der Waals surface area contributed by atoms with Gasteiger partial charge in [0.25, 0.3) is 0 Å². The van der Waals surface area contributed by atoms with E-state index in [4.69, 9.17) is 10.7 Å². The lowest BCUT2D eigenvalue weighted by Crippen LogP contribution is -2.46. The Morgan fingerprint density at radius 1 is 0.893 bits per heavy atom. The summed E-state index contributed by atoms with van der Waals surface area (Å²) >= 11 is 0. The van der Waals surface area contributed by atoms with Gasteiger partial charge in [-0.3, -0.25) is 0 Å². The molecule has 1 aromatic rings. The zero-order chi connectivity index (χ0) is 19.9. The Hall–Kier alpha value is -1.46. The molecule has 0 radical (unpaired) electrons. The first kappa shape index (κ1) is 21.3. The lowest BCUT2D eigenvalue weighted by molar-refractivity contribution is 0.135. The summed E-state index contributed by atoms with van der Waals surface area (Å²) in [6.45, 7) is 14.1.